The van der Waals surface area contributed by atoms with Crippen molar-refractivity contribution in [2.45, 2.75) is 13.3 Å². The number of aryl methyl sites for hydroxylation is 1. The van der Waals surface area contributed by atoms with E-state index in [1.165, 1.54) is 11.8 Å². The summed E-state index contributed by atoms with van der Waals surface area (Å²) in [6, 6.07) is 9.95. The van der Waals surface area contributed by atoms with Gasteiger partial charge in [0.05, 0.1) is 5.56 Å². The molecule has 1 heterocycles. The van der Waals surface area contributed by atoms with Gasteiger partial charge in [0.1, 0.15) is 0 Å². The maximum absolute atomic E-state index is 11.1. The lowest BCUT2D eigenvalue weighted by molar-refractivity contribution is 0.1000. The highest BCUT2D eigenvalue weighted by molar-refractivity contribution is 5.93. The number of rotatable bonds is 3. The summed E-state index contributed by atoms with van der Waals surface area (Å²) in [6.45, 7) is 2.11. The Balaban J connectivity index is 2.45. The van der Waals surface area contributed by atoms with Gasteiger partial charge in [0.25, 0.3) is 0 Å². The molecule has 0 aliphatic carbocycles. The summed E-state index contributed by atoms with van der Waals surface area (Å²) in [4.78, 5) is 15.1. The topological polar surface area (TPSA) is 56.0 Å². The molecule has 0 unspecified atom stereocenters. The number of carbonyl (C=O) groups excluding carboxylic acids is 1. The molecule has 0 spiro atoms. The molecule has 3 nitrogen and oxygen atoms in total. The van der Waals surface area contributed by atoms with E-state index >= 15 is 0 Å². The molecule has 2 aromatic rings. The van der Waals surface area contributed by atoms with Crippen LogP contribution in [0.5, 0.6) is 0 Å². The van der Waals surface area contributed by atoms with E-state index in [0.717, 1.165) is 17.5 Å². The number of hydrogen-bond acceptors (Lipinski definition) is 2. The summed E-state index contributed by atoms with van der Waals surface area (Å²) in [6.07, 6.45) is 4.20. The molecule has 2 rings (SSSR count). The summed E-state index contributed by atoms with van der Waals surface area (Å²) in [5.41, 5.74) is 8.90. The monoisotopic (exact) mass is 226 g/mol. The molecule has 0 aliphatic heterocycles. The van der Waals surface area contributed by atoms with Crippen LogP contribution in [0.4, 0.5) is 0 Å². The molecule has 0 fully saturated rings. The third-order valence-corrected chi connectivity index (χ3v) is 2.69. The average molecular weight is 226 g/mol. The Kier molecular flexibility index (Phi) is 3.19. The second-order valence-electron chi connectivity index (χ2n) is 3.88. The zero-order chi connectivity index (χ0) is 12.3. The molecule has 86 valence electrons. The molecule has 17 heavy (non-hydrogen) atoms. The Morgan fingerprint density at radius 1 is 1.24 bits per heavy atom. The van der Waals surface area contributed by atoms with Crippen molar-refractivity contribution in [3.8, 4) is 11.1 Å². The molecule has 0 saturated carbocycles. The first-order valence-electron chi connectivity index (χ1n) is 5.55. The van der Waals surface area contributed by atoms with Gasteiger partial charge in [0.15, 0.2) is 0 Å². The van der Waals surface area contributed by atoms with Crippen LogP contribution >= 0.6 is 0 Å². The Bertz CT molecular complexity index is 549. The van der Waals surface area contributed by atoms with Crippen molar-refractivity contribution in [1.82, 2.24) is 4.98 Å². The smallest absolute Gasteiger partial charge is 0.250 e. The van der Waals surface area contributed by atoms with Crippen molar-refractivity contribution in [2.24, 2.45) is 5.73 Å². The van der Waals surface area contributed by atoms with E-state index in [4.69, 9.17) is 5.73 Å². The van der Waals surface area contributed by atoms with Crippen LogP contribution in [-0.2, 0) is 6.42 Å². The van der Waals surface area contributed by atoms with Crippen LogP contribution in [0.2, 0.25) is 0 Å². The van der Waals surface area contributed by atoms with Gasteiger partial charge in [0, 0.05) is 18.0 Å². The quantitative estimate of drug-likeness (QED) is 0.873. The van der Waals surface area contributed by atoms with Gasteiger partial charge in [-0.2, -0.15) is 0 Å². The van der Waals surface area contributed by atoms with Gasteiger partial charge in [-0.15, -0.1) is 0 Å². The third kappa shape index (κ3) is 2.50. The zero-order valence-corrected chi connectivity index (χ0v) is 9.68. The fourth-order valence-electron chi connectivity index (χ4n) is 1.70. The fourth-order valence-corrected chi connectivity index (χ4v) is 1.70. The molecule has 1 aromatic carbocycles. The number of benzene rings is 1. The van der Waals surface area contributed by atoms with Crippen LogP contribution in [0.1, 0.15) is 22.8 Å². The Morgan fingerprint density at radius 2 is 2.06 bits per heavy atom. The number of hydrogen-bond donors (Lipinski definition) is 1. The van der Waals surface area contributed by atoms with Gasteiger partial charge in [-0.1, -0.05) is 31.2 Å². The van der Waals surface area contributed by atoms with E-state index in [0.29, 0.717) is 5.56 Å². The summed E-state index contributed by atoms with van der Waals surface area (Å²) < 4.78 is 0. The fraction of sp³-hybridized carbons (Fsp3) is 0.143. The van der Waals surface area contributed by atoms with Gasteiger partial charge in [0.2, 0.25) is 5.91 Å². The number of pyridine rings is 1. The molecule has 2 N–H and O–H groups in total. The van der Waals surface area contributed by atoms with Crippen LogP contribution in [0.25, 0.3) is 11.1 Å². The van der Waals surface area contributed by atoms with Crippen LogP contribution in [0.3, 0.4) is 0 Å². The molecular formula is C14H14N2O. The summed E-state index contributed by atoms with van der Waals surface area (Å²) in [5.74, 6) is -0.453. The first-order chi connectivity index (χ1) is 8.20. The van der Waals surface area contributed by atoms with Crippen LogP contribution < -0.4 is 5.73 Å². The molecule has 0 atom stereocenters. The van der Waals surface area contributed by atoms with Crippen molar-refractivity contribution in [3.05, 3.63) is 53.9 Å². The second-order valence-corrected chi connectivity index (χ2v) is 3.88. The van der Waals surface area contributed by atoms with Crippen LogP contribution in [0.15, 0.2) is 42.7 Å². The number of primary amides is 1. The number of amides is 1. The van der Waals surface area contributed by atoms with Gasteiger partial charge >= 0.3 is 0 Å². The largest absolute Gasteiger partial charge is 0.366 e. The van der Waals surface area contributed by atoms with E-state index in [1.807, 2.05) is 12.1 Å². The van der Waals surface area contributed by atoms with Gasteiger partial charge in [-0.3, -0.25) is 9.78 Å². The minimum atomic E-state index is -0.453. The van der Waals surface area contributed by atoms with E-state index in [-0.39, 0.29) is 0 Å². The highest BCUT2D eigenvalue weighted by Crippen LogP contribution is 2.20. The third-order valence-electron chi connectivity index (χ3n) is 2.69. The van der Waals surface area contributed by atoms with Crippen molar-refractivity contribution in [2.75, 3.05) is 0 Å². The van der Waals surface area contributed by atoms with Crippen molar-refractivity contribution < 1.29 is 4.79 Å². The lowest BCUT2D eigenvalue weighted by Crippen LogP contribution is -2.11. The van der Waals surface area contributed by atoms with Gasteiger partial charge in [-0.05, 0) is 23.6 Å². The number of carbonyl (C=O) groups is 1. The van der Waals surface area contributed by atoms with Crippen LogP contribution in [0, 0.1) is 0 Å². The molecular weight excluding hydrogens is 212 g/mol. The van der Waals surface area contributed by atoms with Crippen molar-refractivity contribution in [3.63, 3.8) is 0 Å². The lowest BCUT2D eigenvalue weighted by atomic mass is 10.0. The predicted molar refractivity (Wildman–Crippen MR) is 67.6 cm³/mol. The normalized spacial score (nSPS) is 10.2. The summed E-state index contributed by atoms with van der Waals surface area (Å²) >= 11 is 0. The summed E-state index contributed by atoms with van der Waals surface area (Å²) in [5, 5.41) is 0. The molecule has 1 aromatic heterocycles. The lowest BCUT2D eigenvalue weighted by Gasteiger charge is -2.04. The second kappa shape index (κ2) is 4.78. The molecule has 0 aliphatic rings. The van der Waals surface area contributed by atoms with Crippen molar-refractivity contribution in [1.29, 1.82) is 0 Å². The first kappa shape index (κ1) is 11.3. The van der Waals surface area contributed by atoms with Gasteiger partial charge < -0.3 is 5.73 Å². The maximum Gasteiger partial charge on any atom is 0.250 e. The molecule has 0 saturated heterocycles. The Morgan fingerprint density at radius 3 is 2.76 bits per heavy atom. The average Bonchev–Trinajstić information content (AvgIpc) is 2.39. The van der Waals surface area contributed by atoms with E-state index in [2.05, 4.69) is 24.0 Å². The molecule has 3 heteroatoms. The summed E-state index contributed by atoms with van der Waals surface area (Å²) in [7, 11) is 0. The molecule has 0 radical (unpaired) electrons. The Labute approximate surface area is 100 Å². The predicted octanol–water partition coefficient (Wildman–Crippen LogP) is 2.41. The van der Waals surface area contributed by atoms with Gasteiger partial charge in [-0.25, -0.2) is 0 Å². The number of nitrogens with zero attached hydrogens (tertiary/aromatic N) is 1. The number of aromatic nitrogens is 1. The van der Waals surface area contributed by atoms with E-state index in [1.54, 1.807) is 12.3 Å². The van der Waals surface area contributed by atoms with Crippen molar-refractivity contribution >= 4 is 5.91 Å². The Hall–Kier alpha value is -2.16. The maximum atomic E-state index is 11.1. The molecule has 1 amide bonds. The highest BCUT2D eigenvalue weighted by atomic mass is 16.1. The van der Waals surface area contributed by atoms with Crippen LogP contribution in [-0.4, -0.2) is 10.9 Å². The highest BCUT2D eigenvalue weighted by Gasteiger charge is 2.04. The number of nitrogens with two attached hydrogens (primary N) is 1. The van der Waals surface area contributed by atoms with E-state index in [9.17, 15) is 4.79 Å². The molecule has 0 bridgehead atoms. The van der Waals surface area contributed by atoms with E-state index < -0.39 is 5.91 Å². The standard InChI is InChI=1S/C14H14N2O/c1-2-10-4-3-5-11(6-10)12-7-13(14(15)17)9-16-8-12/h3-9H,2H2,1H3,(H2,15,17). The minimum absolute atomic E-state index is 0.435. The minimum Gasteiger partial charge on any atom is -0.366 e. The zero-order valence-electron chi connectivity index (χ0n) is 9.68. The SMILES string of the molecule is CCc1cccc(-c2cncc(C(N)=O)c2)c1. The first-order valence-corrected chi connectivity index (χ1v) is 5.55.